The Bertz CT molecular complexity index is 1140. The number of nitrogens with zero attached hydrogens (tertiary/aromatic N) is 4. The van der Waals surface area contributed by atoms with Crippen molar-refractivity contribution in [3.05, 3.63) is 35.8 Å². The van der Waals surface area contributed by atoms with Crippen molar-refractivity contribution in [3.63, 3.8) is 0 Å². The molecule has 3 N–H and O–H groups in total. The van der Waals surface area contributed by atoms with Crippen LogP contribution in [0.2, 0.25) is 0 Å². The number of aliphatic hydroxyl groups excluding tert-OH is 1. The van der Waals surface area contributed by atoms with E-state index in [0.29, 0.717) is 36.3 Å². The molecule has 2 atom stereocenters. The number of aliphatic hydroxyl groups is 1. The number of anilines is 3. The smallest absolute Gasteiger partial charge is 0.229 e. The van der Waals surface area contributed by atoms with E-state index >= 15 is 0 Å². The van der Waals surface area contributed by atoms with E-state index in [1.165, 1.54) is 12.8 Å². The minimum atomic E-state index is -0.494. The number of ether oxygens (including phenoxy) is 2. The Hall–Kier alpha value is -3.00. The van der Waals surface area contributed by atoms with Gasteiger partial charge in [-0.15, -0.1) is 0 Å². The molecule has 2 aromatic rings. The van der Waals surface area contributed by atoms with Crippen LogP contribution in [-0.2, 0) is 4.74 Å². The number of aromatic nitrogens is 2. The average molecular weight is 497 g/mol. The summed E-state index contributed by atoms with van der Waals surface area (Å²) in [5.41, 5.74) is 0.556. The molecule has 0 aliphatic carbocycles. The van der Waals surface area contributed by atoms with Gasteiger partial charge in [-0.3, -0.25) is 4.90 Å². The fourth-order valence-electron chi connectivity index (χ4n) is 5.63. The first kappa shape index (κ1) is 24.7. The summed E-state index contributed by atoms with van der Waals surface area (Å²) < 4.78 is 25.6. The van der Waals surface area contributed by atoms with Crippen LogP contribution >= 0.6 is 0 Å². The van der Waals surface area contributed by atoms with Crippen molar-refractivity contribution in [1.82, 2.24) is 14.9 Å². The van der Waals surface area contributed by atoms with Gasteiger partial charge in [-0.1, -0.05) is 0 Å². The van der Waals surface area contributed by atoms with E-state index in [1.807, 2.05) is 0 Å². The van der Waals surface area contributed by atoms with E-state index in [0.717, 1.165) is 25.6 Å². The lowest BCUT2D eigenvalue weighted by Gasteiger charge is -2.47. The molecule has 0 bridgehead atoms. The number of piperidine rings is 1. The number of nitriles is 1. The molecular formula is C26H33FN6O3. The average Bonchev–Trinajstić information content (AvgIpc) is 3.31. The largest absolute Gasteiger partial charge is 0.491 e. The third-order valence-corrected chi connectivity index (χ3v) is 7.58. The molecule has 3 fully saturated rings. The van der Waals surface area contributed by atoms with Crippen LogP contribution in [0.1, 0.15) is 45.1 Å². The Morgan fingerprint density at radius 2 is 2.19 bits per heavy atom. The zero-order valence-electron chi connectivity index (χ0n) is 20.8. The second kappa shape index (κ2) is 9.81. The first-order valence-corrected chi connectivity index (χ1v) is 12.5. The van der Waals surface area contributed by atoms with Crippen LogP contribution in [0, 0.1) is 22.6 Å². The molecule has 192 valence electrons. The Morgan fingerprint density at radius 1 is 1.36 bits per heavy atom. The molecule has 36 heavy (non-hydrogen) atoms. The number of hydrogen-bond donors (Lipinski definition) is 3. The molecule has 2 unspecified atom stereocenters. The van der Waals surface area contributed by atoms with Gasteiger partial charge < -0.3 is 25.2 Å². The number of nitrogens with one attached hydrogen (secondary N) is 2. The molecule has 0 spiro atoms. The predicted molar refractivity (Wildman–Crippen MR) is 133 cm³/mol. The molecule has 5 rings (SSSR count). The molecule has 3 saturated heterocycles. The van der Waals surface area contributed by atoms with E-state index in [2.05, 4.69) is 45.4 Å². The Kier molecular flexibility index (Phi) is 6.72. The highest BCUT2D eigenvalue weighted by molar-refractivity contribution is 5.61. The number of benzene rings is 1. The van der Waals surface area contributed by atoms with Gasteiger partial charge in [0.2, 0.25) is 5.95 Å². The number of fused-ring (bicyclic) bond motifs is 1. The second-order valence-corrected chi connectivity index (χ2v) is 10.9. The summed E-state index contributed by atoms with van der Waals surface area (Å²) in [5.74, 6) is 0.342. The van der Waals surface area contributed by atoms with Crippen molar-refractivity contribution in [1.29, 1.82) is 5.26 Å². The summed E-state index contributed by atoms with van der Waals surface area (Å²) in [7, 11) is 0. The molecule has 1 aromatic carbocycles. The zero-order valence-corrected chi connectivity index (χ0v) is 20.8. The van der Waals surface area contributed by atoms with Crippen LogP contribution in [-0.4, -0.2) is 70.6 Å². The van der Waals surface area contributed by atoms with Crippen LogP contribution < -0.4 is 15.4 Å². The summed E-state index contributed by atoms with van der Waals surface area (Å²) in [6.07, 6.45) is 5.42. The summed E-state index contributed by atoms with van der Waals surface area (Å²) >= 11 is 0. The van der Waals surface area contributed by atoms with Crippen LogP contribution in [0.15, 0.2) is 24.4 Å². The van der Waals surface area contributed by atoms with Crippen LogP contribution in [0.5, 0.6) is 5.75 Å². The molecule has 4 heterocycles. The van der Waals surface area contributed by atoms with E-state index in [-0.39, 0.29) is 36.6 Å². The number of halogens is 1. The SMILES string of the molecule is CC1(C)CC(Nc2nc(Nc3ccc(OCC4(CO)COC4)c(C#N)c3)ncc2F)CC2CCCN21. The summed E-state index contributed by atoms with van der Waals surface area (Å²) in [6.45, 7) is 6.73. The maximum Gasteiger partial charge on any atom is 0.229 e. The van der Waals surface area contributed by atoms with E-state index in [1.54, 1.807) is 18.2 Å². The Morgan fingerprint density at radius 3 is 2.92 bits per heavy atom. The van der Waals surface area contributed by atoms with E-state index < -0.39 is 11.2 Å². The molecular weight excluding hydrogens is 463 g/mol. The van der Waals surface area contributed by atoms with Gasteiger partial charge in [0.25, 0.3) is 0 Å². The summed E-state index contributed by atoms with van der Waals surface area (Å²) in [6, 6.07) is 7.85. The normalized spacial score (nSPS) is 24.3. The molecule has 1 aromatic heterocycles. The molecule has 9 nitrogen and oxygen atoms in total. The lowest BCUT2D eigenvalue weighted by atomic mass is 9.84. The van der Waals surface area contributed by atoms with Crippen molar-refractivity contribution in [2.24, 2.45) is 5.41 Å². The van der Waals surface area contributed by atoms with Crippen LogP contribution in [0.4, 0.5) is 21.8 Å². The third-order valence-electron chi connectivity index (χ3n) is 7.58. The highest BCUT2D eigenvalue weighted by atomic mass is 19.1. The minimum absolute atomic E-state index is 0.0376. The summed E-state index contributed by atoms with van der Waals surface area (Å²) in [5, 5.41) is 25.6. The van der Waals surface area contributed by atoms with Crippen LogP contribution in [0.25, 0.3) is 0 Å². The van der Waals surface area contributed by atoms with Crippen molar-refractivity contribution in [2.45, 2.75) is 57.2 Å². The topological polar surface area (TPSA) is 116 Å². The van der Waals surface area contributed by atoms with Gasteiger partial charge in [-0.25, -0.2) is 9.37 Å². The highest BCUT2D eigenvalue weighted by Crippen LogP contribution is 2.38. The van der Waals surface area contributed by atoms with Gasteiger partial charge in [0.15, 0.2) is 11.6 Å². The molecule has 0 amide bonds. The first-order valence-electron chi connectivity index (χ1n) is 12.5. The zero-order chi connectivity index (χ0) is 25.3. The first-order chi connectivity index (χ1) is 17.3. The lowest BCUT2D eigenvalue weighted by molar-refractivity contribution is -0.153. The fraction of sp³-hybridized carbons (Fsp3) is 0.577. The lowest BCUT2D eigenvalue weighted by Crippen LogP contribution is -2.55. The second-order valence-electron chi connectivity index (χ2n) is 10.9. The van der Waals surface area contributed by atoms with Crippen LogP contribution in [0.3, 0.4) is 0 Å². The highest BCUT2D eigenvalue weighted by Gasteiger charge is 2.43. The Labute approximate surface area is 210 Å². The number of hydrogen-bond acceptors (Lipinski definition) is 9. The molecule has 10 heteroatoms. The number of rotatable bonds is 8. The van der Waals surface area contributed by atoms with Gasteiger partial charge in [0, 0.05) is 23.3 Å². The molecule has 3 aliphatic heterocycles. The van der Waals surface area contributed by atoms with Gasteiger partial charge in [-0.2, -0.15) is 10.2 Å². The quantitative estimate of drug-likeness (QED) is 0.505. The Balaban J connectivity index is 1.26. The summed E-state index contributed by atoms with van der Waals surface area (Å²) in [4.78, 5) is 11.1. The van der Waals surface area contributed by atoms with Gasteiger partial charge in [0.1, 0.15) is 18.4 Å². The van der Waals surface area contributed by atoms with Crippen molar-refractivity contribution >= 4 is 17.5 Å². The molecule has 3 aliphatic rings. The fourth-order valence-corrected chi connectivity index (χ4v) is 5.63. The van der Waals surface area contributed by atoms with Gasteiger partial charge in [0.05, 0.1) is 37.0 Å². The monoisotopic (exact) mass is 496 g/mol. The molecule has 0 saturated carbocycles. The maximum atomic E-state index is 14.6. The van der Waals surface area contributed by atoms with Gasteiger partial charge >= 0.3 is 0 Å². The van der Waals surface area contributed by atoms with E-state index in [9.17, 15) is 14.8 Å². The minimum Gasteiger partial charge on any atom is -0.491 e. The maximum absolute atomic E-state index is 14.6. The molecule has 0 radical (unpaired) electrons. The van der Waals surface area contributed by atoms with Crippen molar-refractivity contribution < 1.29 is 19.0 Å². The predicted octanol–water partition coefficient (Wildman–Crippen LogP) is 3.44. The van der Waals surface area contributed by atoms with E-state index in [4.69, 9.17) is 9.47 Å². The van der Waals surface area contributed by atoms with Crippen molar-refractivity contribution in [3.8, 4) is 11.8 Å². The third kappa shape index (κ3) is 4.96. The van der Waals surface area contributed by atoms with Gasteiger partial charge in [-0.05, 0) is 64.3 Å². The van der Waals surface area contributed by atoms with Crippen molar-refractivity contribution in [2.75, 3.05) is 43.6 Å². The standard InChI is InChI=1S/C26H33FN6O3/c1-25(2)10-19(9-20-4-3-7-33(20)25)30-23-21(27)12-29-24(32-23)31-18-5-6-22(17(8-18)11-28)36-16-26(13-34)14-35-15-26/h5-6,8,12,19-20,34H,3-4,7,9-10,13-16H2,1-2H3,(H2,29,30,31,32).